The van der Waals surface area contributed by atoms with E-state index >= 15 is 0 Å². The highest BCUT2D eigenvalue weighted by molar-refractivity contribution is 6.00. The molecule has 30 heavy (non-hydrogen) atoms. The minimum Gasteiger partial charge on any atom is -0.480 e. The van der Waals surface area contributed by atoms with E-state index < -0.39 is 12.0 Å². The number of hydrogen-bond acceptors (Lipinski definition) is 4. The van der Waals surface area contributed by atoms with E-state index in [0.717, 1.165) is 11.3 Å². The number of hydrogen-bond donors (Lipinski definition) is 4. The van der Waals surface area contributed by atoms with Crippen LogP contribution in [0.3, 0.4) is 0 Å². The summed E-state index contributed by atoms with van der Waals surface area (Å²) < 4.78 is 0. The van der Waals surface area contributed by atoms with Crippen molar-refractivity contribution in [2.75, 3.05) is 29.1 Å². The number of likely N-dealkylation sites (N-methyl/N-ethyl adjacent to an activating group) is 1. The normalized spacial score (nSPS) is 11.4. The maximum Gasteiger partial charge on any atom is 0.323 e. The Morgan fingerprint density at radius 3 is 2.27 bits per heavy atom. The van der Waals surface area contributed by atoms with E-state index in [1.165, 1.54) is 6.92 Å². The smallest absolute Gasteiger partial charge is 0.323 e. The Hall–Kier alpha value is -3.39. The van der Waals surface area contributed by atoms with Gasteiger partial charge in [0.05, 0.1) is 0 Å². The molecule has 4 N–H and O–H groups in total. The van der Waals surface area contributed by atoms with Crippen molar-refractivity contribution in [2.45, 2.75) is 32.7 Å². The first-order chi connectivity index (χ1) is 14.3. The molecule has 0 aromatic heterocycles. The van der Waals surface area contributed by atoms with Gasteiger partial charge in [0.15, 0.2) is 0 Å². The van der Waals surface area contributed by atoms with Crippen molar-refractivity contribution in [1.29, 1.82) is 0 Å². The molecule has 0 heterocycles. The SMILES string of the molecule is CNC(CCCN(C(C)=O)c1ccc(NC(=O)Nc2ccccc2C)cc1)C(=O)O. The van der Waals surface area contributed by atoms with E-state index in [1.54, 1.807) is 36.2 Å². The van der Waals surface area contributed by atoms with Crippen LogP contribution in [0.5, 0.6) is 0 Å². The van der Waals surface area contributed by atoms with Crippen LogP contribution in [0.1, 0.15) is 25.3 Å². The van der Waals surface area contributed by atoms with Gasteiger partial charge in [-0.15, -0.1) is 0 Å². The predicted octanol–water partition coefficient (Wildman–Crippen LogP) is 3.44. The van der Waals surface area contributed by atoms with Crippen LogP contribution in [-0.4, -0.2) is 42.6 Å². The number of rotatable bonds is 9. The lowest BCUT2D eigenvalue weighted by Gasteiger charge is -2.22. The average Bonchev–Trinajstić information content (AvgIpc) is 2.70. The standard InChI is InChI=1S/C22H28N4O4/c1-15-7-4-5-8-19(15)25-22(30)24-17-10-12-18(13-11-17)26(16(2)27)14-6-9-20(23-3)21(28)29/h4-5,7-8,10-13,20,23H,6,9,14H2,1-3H3,(H,28,29)(H2,24,25,30). The Morgan fingerprint density at radius 2 is 1.70 bits per heavy atom. The molecule has 0 saturated carbocycles. The van der Waals surface area contributed by atoms with Gasteiger partial charge in [-0.25, -0.2) is 4.79 Å². The highest BCUT2D eigenvalue weighted by Crippen LogP contribution is 2.20. The summed E-state index contributed by atoms with van der Waals surface area (Å²) in [6, 6.07) is 13.4. The fourth-order valence-corrected chi connectivity index (χ4v) is 3.04. The summed E-state index contributed by atoms with van der Waals surface area (Å²) in [5.41, 5.74) is 2.97. The summed E-state index contributed by atoms with van der Waals surface area (Å²) in [6.45, 7) is 3.78. The molecule has 0 aliphatic carbocycles. The molecule has 8 heteroatoms. The summed E-state index contributed by atoms with van der Waals surface area (Å²) in [5, 5.41) is 17.4. The van der Waals surface area contributed by atoms with Crippen molar-refractivity contribution >= 4 is 35.0 Å². The van der Waals surface area contributed by atoms with E-state index in [4.69, 9.17) is 5.11 Å². The van der Waals surface area contributed by atoms with E-state index in [9.17, 15) is 14.4 Å². The molecule has 160 valence electrons. The summed E-state index contributed by atoms with van der Waals surface area (Å²) in [4.78, 5) is 36.9. The number of carboxylic acids is 1. The molecule has 0 spiro atoms. The van der Waals surface area contributed by atoms with Gasteiger partial charge in [-0.3, -0.25) is 9.59 Å². The number of para-hydroxylation sites is 1. The van der Waals surface area contributed by atoms with Crippen LogP contribution in [0.25, 0.3) is 0 Å². The molecule has 0 bridgehead atoms. The fraction of sp³-hybridized carbons (Fsp3) is 0.318. The van der Waals surface area contributed by atoms with Crippen LogP contribution in [0.15, 0.2) is 48.5 Å². The van der Waals surface area contributed by atoms with Gasteiger partial charge in [-0.2, -0.15) is 0 Å². The second-order valence-corrected chi connectivity index (χ2v) is 6.93. The number of nitrogens with one attached hydrogen (secondary N) is 3. The third kappa shape index (κ3) is 6.59. The molecule has 2 aromatic rings. The molecule has 1 unspecified atom stereocenters. The third-order valence-electron chi connectivity index (χ3n) is 4.73. The zero-order valence-corrected chi connectivity index (χ0v) is 17.4. The van der Waals surface area contributed by atoms with Gasteiger partial charge >= 0.3 is 12.0 Å². The first-order valence-electron chi connectivity index (χ1n) is 9.73. The summed E-state index contributed by atoms with van der Waals surface area (Å²) in [6.07, 6.45) is 0.949. The minimum atomic E-state index is -0.911. The molecular weight excluding hydrogens is 384 g/mol. The van der Waals surface area contributed by atoms with Crippen molar-refractivity contribution in [2.24, 2.45) is 0 Å². The van der Waals surface area contributed by atoms with Gasteiger partial charge in [0.25, 0.3) is 0 Å². The number of nitrogens with zero attached hydrogens (tertiary/aromatic N) is 1. The summed E-state index contributed by atoms with van der Waals surface area (Å²) >= 11 is 0. The van der Waals surface area contributed by atoms with Crippen LogP contribution < -0.4 is 20.9 Å². The first-order valence-corrected chi connectivity index (χ1v) is 9.73. The van der Waals surface area contributed by atoms with E-state index in [1.807, 2.05) is 31.2 Å². The van der Waals surface area contributed by atoms with Crippen molar-refractivity contribution in [3.8, 4) is 0 Å². The number of carbonyl (C=O) groups excluding carboxylic acids is 2. The van der Waals surface area contributed by atoms with Gasteiger partial charge in [0.2, 0.25) is 5.91 Å². The highest BCUT2D eigenvalue weighted by atomic mass is 16.4. The van der Waals surface area contributed by atoms with Crippen molar-refractivity contribution in [3.63, 3.8) is 0 Å². The number of carbonyl (C=O) groups is 3. The number of urea groups is 1. The molecule has 2 rings (SSSR count). The Labute approximate surface area is 176 Å². The van der Waals surface area contributed by atoms with Crippen LogP contribution in [-0.2, 0) is 9.59 Å². The number of aryl methyl sites for hydroxylation is 1. The zero-order valence-electron chi connectivity index (χ0n) is 17.4. The lowest BCUT2D eigenvalue weighted by molar-refractivity contribution is -0.139. The molecule has 0 fully saturated rings. The average molecular weight is 412 g/mol. The molecule has 0 saturated heterocycles. The monoisotopic (exact) mass is 412 g/mol. The first kappa shape index (κ1) is 22.9. The highest BCUT2D eigenvalue weighted by Gasteiger charge is 2.17. The van der Waals surface area contributed by atoms with Crippen LogP contribution in [0, 0.1) is 6.92 Å². The zero-order chi connectivity index (χ0) is 22.1. The van der Waals surface area contributed by atoms with Gasteiger partial charge in [0, 0.05) is 30.5 Å². The Bertz CT molecular complexity index is 883. The maximum atomic E-state index is 12.2. The van der Waals surface area contributed by atoms with Crippen LogP contribution in [0.4, 0.5) is 21.9 Å². The number of anilines is 3. The number of benzene rings is 2. The van der Waals surface area contributed by atoms with E-state index in [0.29, 0.717) is 30.8 Å². The van der Waals surface area contributed by atoms with Gasteiger partial charge in [-0.05, 0) is 62.7 Å². The molecule has 0 radical (unpaired) electrons. The van der Waals surface area contributed by atoms with Crippen molar-refractivity contribution in [1.82, 2.24) is 5.32 Å². The maximum absolute atomic E-state index is 12.2. The minimum absolute atomic E-state index is 0.135. The Balaban J connectivity index is 1.96. The van der Waals surface area contributed by atoms with E-state index in [2.05, 4.69) is 16.0 Å². The molecule has 0 aliphatic heterocycles. The summed E-state index contributed by atoms with van der Waals surface area (Å²) in [7, 11) is 1.60. The largest absolute Gasteiger partial charge is 0.480 e. The molecule has 0 aliphatic rings. The van der Waals surface area contributed by atoms with E-state index in [-0.39, 0.29) is 11.9 Å². The predicted molar refractivity (Wildman–Crippen MR) is 118 cm³/mol. The van der Waals surface area contributed by atoms with Gasteiger partial charge in [0.1, 0.15) is 6.04 Å². The Morgan fingerprint density at radius 1 is 1.03 bits per heavy atom. The molecule has 1 atom stereocenters. The van der Waals surface area contributed by atoms with Crippen molar-refractivity contribution in [3.05, 3.63) is 54.1 Å². The lowest BCUT2D eigenvalue weighted by Crippen LogP contribution is -2.36. The molecule has 3 amide bonds. The number of carboxylic acid groups (broad SMARTS) is 1. The quantitative estimate of drug-likeness (QED) is 0.504. The van der Waals surface area contributed by atoms with Crippen LogP contribution >= 0.6 is 0 Å². The topological polar surface area (TPSA) is 111 Å². The third-order valence-corrected chi connectivity index (χ3v) is 4.73. The lowest BCUT2D eigenvalue weighted by atomic mass is 10.1. The molecule has 2 aromatic carbocycles. The van der Waals surface area contributed by atoms with Gasteiger partial charge in [-0.1, -0.05) is 18.2 Å². The van der Waals surface area contributed by atoms with Gasteiger partial charge < -0.3 is 26.0 Å². The Kier molecular flexibility index (Phi) is 8.37. The molecule has 8 nitrogen and oxygen atoms in total. The molecular formula is C22H28N4O4. The van der Waals surface area contributed by atoms with Crippen molar-refractivity contribution < 1.29 is 19.5 Å². The van der Waals surface area contributed by atoms with Crippen LogP contribution in [0.2, 0.25) is 0 Å². The fourth-order valence-electron chi connectivity index (χ4n) is 3.04. The second kappa shape index (κ2) is 11.0. The second-order valence-electron chi connectivity index (χ2n) is 6.93. The number of aliphatic carboxylic acids is 1. The summed E-state index contributed by atoms with van der Waals surface area (Å²) in [5.74, 6) is -1.05. The number of amides is 3.